The first-order valence-electron chi connectivity index (χ1n) is 12.4. The van der Waals surface area contributed by atoms with Crippen molar-refractivity contribution in [2.75, 3.05) is 6.61 Å². The Morgan fingerprint density at radius 2 is 1.66 bits per heavy atom. The van der Waals surface area contributed by atoms with Gasteiger partial charge in [0.2, 0.25) is 0 Å². The average molecular weight is 485 g/mol. The van der Waals surface area contributed by atoms with Crippen LogP contribution in [0.2, 0.25) is 0 Å². The molecular formula is C30H32F4O. The van der Waals surface area contributed by atoms with E-state index < -0.39 is 12.8 Å². The fourth-order valence-corrected chi connectivity index (χ4v) is 5.14. The van der Waals surface area contributed by atoms with Crippen molar-refractivity contribution in [1.82, 2.24) is 0 Å². The third kappa shape index (κ3) is 6.87. The first-order chi connectivity index (χ1) is 16.8. The van der Waals surface area contributed by atoms with Crippen molar-refractivity contribution in [3.05, 3.63) is 89.8 Å². The van der Waals surface area contributed by atoms with Crippen molar-refractivity contribution in [2.45, 2.75) is 63.5 Å². The number of fused-ring (bicyclic) bond motifs is 1. The normalized spacial score (nSPS) is 18.5. The van der Waals surface area contributed by atoms with Gasteiger partial charge in [0.1, 0.15) is 11.6 Å². The van der Waals surface area contributed by atoms with Crippen molar-refractivity contribution in [3.63, 3.8) is 0 Å². The molecule has 0 aromatic heterocycles. The van der Waals surface area contributed by atoms with Crippen LogP contribution in [-0.4, -0.2) is 12.8 Å². The lowest BCUT2D eigenvalue weighted by molar-refractivity contribution is -0.153. The van der Waals surface area contributed by atoms with Gasteiger partial charge < -0.3 is 4.74 Å². The zero-order valence-corrected chi connectivity index (χ0v) is 19.9. The molecule has 186 valence electrons. The summed E-state index contributed by atoms with van der Waals surface area (Å²) in [6.45, 7) is 2.51. The summed E-state index contributed by atoms with van der Waals surface area (Å²) >= 11 is 0. The van der Waals surface area contributed by atoms with E-state index in [4.69, 9.17) is 4.74 Å². The van der Waals surface area contributed by atoms with Crippen molar-refractivity contribution < 1.29 is 22.3 Å². The maximum absolute atomic E-state index is 15.3. The summed E-state index contributed by atoms with van der Waals surface area (Å²) in [5.41, 5.74) is 2.87. The topological polar surface area (TPSA) is 9.23 Å². The van der Waals surface area contributed by atoms with E-state index in [2.05, 4.69) is 18.7 Å². The summed E-state index contributed by atoms with van der Waals surface area (Å²) in [4.78, 5) is 0. The summed E-state index contributed by atoms with van der Waals surface area (Å²) in [6, 6.07) is 16.5. The maximum atomic E-state index is 15.3. The molecule has 0 saturated heterocycles. The molecule has 0 bridgehead atoms. The molecule has 1 nitrogen and oxygen atoms in total. The molecule has 0 unspecified atom stereocenters. The van der Waals surface area contributed by atoms with Gasteiger partial charge in [-0.25, -0.2) is 4.39 Å². The molecule has 1 aliphatic carbocycles. The Morgan fingerprint density at radius 1 is 0.914 bits per heavy atom. The van der Waals surface area contributed by atoms with Crippen LogP contribution in [0.4, 0.5) is 17.6 Å². The minimum Gasteiger partial charge on any atom is -0.484 e. The average Bonchev–Trinajstić information content (AvgIpc) is 2.86. The number of aryl methyl sites for hydroxylation is 2. The lowest BCUT2D eigenvalue weighted by Gasteiger charge is -2.28. The van der Waals surface area contributed by atoms with Gasteiger partial charge in [-0.2, -0.15) is 13.2 Å². The molecule has 4 rings (SSSR count). The zero-order chi connectivity index (χ0) is 24.8. The molecule has 1 saturated carbocycles. The monoisotopic (exact) mass is 484 g/mol. The third-order valence-electron chi connectivity index (χ3n) is 7.16. The molecule has 0 spiro atoms. The first-order valence-corrected chi connectivity index (χ1v) is 12.4. The highest BCUT2D eigenvalue weighted by Gasteiger charge is 2.28. The number of alkyl halides is 3. The van der Waals surface area contributed by atoms with Gasteiger partial charge in [-0.1, -0.05) is 48.5 Å². The lowest BCUT2D eigenvalue weighted by atomic mass is 9.77. The van der Waals surface area contributed by atoms with E-state index in [-0.39, 0.29) is 11.6 Å². The summed E-state index contributed by atoms with van der Waals surface area (Å²) in [6.07, 6.45) is 5.95. The van der Waals surface area contributed by atoms with Crippen molar-refractivity contribution in [3.8, 4) is 5.75 Å². The molecule has 0 amide bonds. The highest BCUT2D eigenvalue weighted by atomic mass is 19.4. The largest absolute Gasteiger partial charge is 0.484 e. The summed E-state index contributed by atoms with van der Waals surface area (Å²) in [5.74, 6) is 1.33. The van der Waals surface area contributed by atoms with Crippen LogP contribution in [0.15, 0.2) is 67.3 Å². The summed E-state index contributed by atoms with van der Waals surface area (Å²) in [7, 11) is 0. The fraction of sp³-hybridized carbons (Fsp3) is 0.400. The highest BCUT2D eigenvalue weighted by Crippen LogP contribution is 2.38. The van der Waals surface area contributed by atoms with Crippen LogP contribution in [0, 0.1) is 11.7 Å². The number of allylic oxidation sites excluding steroid dienone is 1. The van der Waals surface area contributed by atoms with E-state index >= 15 is 4.39 Å². The van der Waals surface area contributed by atoms with Gasteiger partial charge in [-0.05, 0) is 97.4 Å². The van der Waals surface area contributed by atoms with Crippen LogP contribution in [-0.2, 0) is 12.8 Å². The second kappa shape index (κ2) is 11.3. The molecule has 0 atom stereocenters. The minimum absolute atomic E-state index is 0.170. The second-order valence-corrected chi connectivity index (χ2v) is 9.65. The van der Waals surface area contributed by atoms with Gasteiger partial charge in [0.05, 0.1) is 0 Å². The molecule has 0 aliphatic heterocycles. The standard InChI is InChI=1S/C30H32F4O/c1-2-3-4-21-5-10-23(11-6-21)25-15-18-28-26(19-25)14-13-24(29(28)31)12-7-22-8-16-27(17-9-22)35-20-30(32,33)34/h2,8-9,13-19,21,23H,1,3-7,10-12,20H2. The van der Waals surface area contributed by atoms with E-state index in [1.165, 1.54) is 49.8 Å². The number of hydrogen-bond acceptors (Lipinski definition) is 1. The molecule has 35 heavy (non-hydrogen) atoms. The van der Waals surface area contributed by atoms with E-state index in [1.54, 1.807) is 12.1 Å². The molecule has 1 aliphatic rings. The minimum atomic E-state index is -4.36. The van der Waals surface area contributed by atoms with Crippen molar-refractivity contribution >= 4 is 10.8 Å². The highest BCUT2D eigenvalue weighted by molar-refractivity contribution is 5.84. The Hall–Kier alpha value is -2.82. The predicted octanol–water partition coefficient (Wildman–Crippen LogP) is 8.95. The SMILES string of the molecule is C=CCCC1CCC(c2ccc3c(F)c(CCc4ccc(OCC(F)(F)F)cc4)ccc3c2)CC1. The smallest absolute Gasteiger partial charge is 0.422 e. The first kappa shape index (κ1) is 25.3. The Labute approximate surface area is 204 Å². The van der Waals surface area contributed by atoms with Crippen LogP contribution in [0.1, 0.15) is 61.1 Å². The molecule has 5 heteroatoms. The van der Waals surface area contributed by atoms with Crippen LogP contribution < -0.4 is 4.74 Å². The van der Waals surface area contributed by atoms with Gasteiger partial charge in [0.15, 0.2) is 6.61 Å². The number of ether oxygens (including phenoxy) is 1. The molecule has 1 fully saturated rings. The van der Waals surface area contributed by atoms with E-state index in [9.17, 15) is 13.2 Å². The maximum Gasteiger partial charge on any atom is 0.422 e. The van der Waals surface area contributed by atoms with Crippen LogP contribution >= 0.6 is 0 Å². The lowest BCUT2D eigenvalue weighted by Crippen LogP contribution is -2.19. The van der Waals surface area contributed by atoms with Crippen LogP contribution in [0.5, 0.6) is 5.75 Å². The number of hydrogen-bond donors (Lipinski definition) is 0. The van der Waals surface area contributed by atoms with Gasteiger partial charge in [0.25, 0.3) is 0 Å². The third-order valence-corrected chi connectivity index (χ3v) is 7.16. The van der Waals surface area contributed by atoms with E-state index in [1.807, 2.05) is 24.3 Å². The molecule has 0 heterocycles. The molecule has 3 aromatic rings. The Morgan fingerprint density at radius 3 is 2.34 bits per heavy atom. The van der Waals surface area contributed by atoms with E-state index in [0.717, 1.165) is 23.3 Å². The number of rotatable bonds is 9. The molecule has 3 aromatic carbocycles. The fourth-order valence-electron chi connectivity index (χ4n) is 5.14. The molecule has 0 N–H and O–H groups in total. The van der Waals surface area contributed by atoms with Gasteiger partial charge in [-0.3, -0.25) is 0 Å². The summed E-state index contributed by atoms with van der Waals surface area (Å²) in [5, 5.41) is 1.57. The Bertz CT molecular complexity index is 1130. The second-order valence-electron chi connectivity index (χ2n) is 9.65. The Kier molecular flexibility index (Phi) is 8.15. The molecular weight excluding hydrogens is 452 g/mol. The van der Waals surface area contributed by atoms with Crippen molar-refractivity contribution in [1.29, 1.82) is 0 Å². The van der Waals surface area contributed by atoms with Crippen LogP contribution in [0.25, 0.3) is 10.8 Å². The summed E-state index contributed by atoms with van der Waals surface area (Å²) < 4.78 is 56.8. The van der Waals surface area contributed by atoms with Gasteiger partial charge in [-0.15, -0.1) is 6.58 Å². The van der Waals surface area contributed by atoms with Gasteiger partial charge >= 0.3 is 6.18 Å². The van der Waals surface area contributed by atoms with Crippen molar-refractivity contribution in [2.24, 2.45) is 5.92 Å². The van der Waals surface area contributed by atoms with E-state index in [0.29, 0.717) is 29.7 Å². The van der Waals surface area contributed by atoms with Crippen LogP contribution in [0.3, 0.4) is 0 Å². The molecule has 0 radical (unpaired) electrons. The number of benzene rings is 3. The predicted molar refractivity (Wildman–Crippen MR) is 133 cm³/mol. The Balaban J connectivity index is 1.37. The zero-order valence-electron chi connectivity index (χ0n) is 19.9. The quantitative estimate of drug-likeness (QED) is 0.218. The van der Waals surface area contributed by atoms with Gasteiger partial charge in [0, 0.05) is 5.39 Å². The number of halogens is 4.